The van der Waals surface area contributed by atoms with Gasteiger partial charge in [0.25, 0.3) is 6.43 Å². The first-order valence-corrected chi connectivity index (χ1v) is 12.1. The van der Waals surface area contributed by atoms with Gasteiger partial charge in [0.1, 0.15) is 23.3 Å². The number of amides is 1. The van der Waals surface area contributed by atoms with E-state index < -0.39 is 12.2 Å². The van der Waals surface area contributed by atoms with E-state index in [4.69, 9.17) is 21.1 Å². The summed E-state index contributed by atoms with van der Waals surface area (Å²) < 4.78 is 40.3. The minimum absolute atomic E-state index is 0.0201. The third kappa shape index (κ3) is 4.60. The van der Waals surface area contributed by atoms with Crippen molar-refractivity contribution in [3.8, 4) is 11.7 Å². The lowest BCUT2D eigenvalue weighted by Crippen LogP contribution is -2.41. The van der Waals surface area contributed by atoms with E-state index in [2.05, 4.69) is 25.3 Å². The summed E-state index contributed by atoms with van der Waals surface area (Å²) in [6.07, 6.45) is -1.81. The van der Waals surface area contributed by atoms with E-state index in [1.807, 2.05) is 4.90 Å². The number of hydrogen-bond acceptors (Lipinski definition) is 9. The van der Waals surface area contributed by atoms with E-state index in [1.54, 1.807) is 23.1 Å². The lowest BCUT2D eigenvalue weighted by Gasteiger charge is -2.28. The van der Waals surface area contributed by atoms with Gasteiger partial charge in [-0.2, -0.15) is 15.0 Å². The molecule has 1 amide bonds. The molecular formula is C22H25ClF2N8O3. The van der Waals surface area contributed by atoms with E-state index in [-0.39, 0.29) is 35.4 Å². The topological polar surface area (TPSA) is 111 Å². The number of nitrogens with one attached hydrogen (secondary N) is 1. The Hall–Kier alpha value is -3.32. The van der Waals surface area contributed by atoms with E-state index in [1.165, 1.54) is 11.7 Å². The van der Waals surface area contributed by atoms with Crippen LogP contribution in [0.25, 0.3) is 17.0 Å². The maximum absolute atomic E-state index is 14.2. The number of likely N-dealkylation sites (tertiary alicyclic amines) is 1. The van der Waals surface area contributed by atoms with Gasteiger partial charge in [-0.05, 0) is 25.0 Å². The molecule has 4 heterocycles. The van der Waals surface area contributed by atoms with Crippen LogP contribution >= 0.6 is 11.6 Å². The molecule has 3 aromatic rings. The minimum Gasteiger partial charge on any atom is -0.494 e. The summed E-state index contributed by atoms with van der Waals surface area (Å²) in [6, 6.07) is 4.99. The number of imidazole rings is 1. The minimum atomic E-state index is -2.89. The van der Waals surface area contributed by atoms with Gasteiger partial charge >= 0.3 is 0 Å². The highest BCUT2D eigenvalue weighted by Crippen LogP contribution is 2.32. The first-order valence-electron chi connectivity index (χ1n) is 11.5. The molecule has 1 atom stereocenters. The summed E-state index contributed by atoms with van der Waals surface area (Å²) in [6.45, 7) is 2.58. The summed E-state index contributed by atoms with van der Waals surface area (Å²) in [5.41, 5.74) is 0.641. The van der Waals surface area contributed by atoms with E-state index >= 15 is 0 Å². The molecule has 14 heteroatoms. The molecule has 2 aliphatic rings. The highest BCUT2D eigenvalue weighted by Gasteiger charge is 2.30. The van der Waals surface area contributed by atoms with Crippen molar-refractivity contribution in [3.63, 3.8) is 0 Å². The summed E-state index contributed by atoms with van der Waals surface area (Å²) >= 11 is 5.78. The summed E-state index contributed by atoms with van der Waals surface area (Å²) in [4.78, 5) is 33.6. The second-order valence-corrected chi connectivity index (χ2v) is 8.58. The number of rotatable bonds is 7. The van der Waals surface area contributed by atoms with Crippen LogP contribution in [0.5, 0.6) is 5.75 Å². The van der Waals surface area contributed by atoms with E-state index in [0.717, 1.165) is 6.42 Å². The highest BCUT2D eigenvalue weighted by atomic mass is 35.5. The quantitative estimate of drug-likeness (QED) is 0.468. The molecule has 1 aromatic carbocycles. The largest absolute Gasteiger partial charge is 0.494 e. The van der Waals surface area contributed by atoms with Crippen molar-refractivity contribution in [2.45, 2.75) is 25.4 Å². The van der Waals surface area contributed by atoms with Crippen molar-refractivity contribution < 1.29 is 23.0 Å². The first-order chi connectivity index (χ1) is 17.5. The monoisotopic (exact) mass is 522 g/mol. The molecule has 2 fully saturated rings. The van der Waals surface area contributed by atoms with Gasteiger partial charge in [-0.3, -0.25) is 9.36 Å². The van der Waals surface area contributed by atoms with Crippen molar-refractivity contribution in [2.24, 2.45) is 0 Å². The number of hydrogen-bond donors (Lipinski definition) is 1. The van der Waals surface area contributed by atoms with Crippen molar-refractivity contribution in [2.75, 3.05) is 56.1 Å². The fourth-order valence-corrected chi connectivity index (χ4v) is 4.63. The van der Waals surface area contributed by atoms with Gasteiger partial charge in [-0.25, -0.2) is 13.8 Å². The molecule has 2 aromatic heterocycles. The van der Waals surface area contributed by atoms with Crippen LogP contribution in [-0.4, -0.2) is 87.3 Å². The van der Waals surface area contributed by atoms with Gasteiger partial charge in [0.2, 0.25) is 23.8 Å². The number of nitrogens with zero attached hydrogens (tertiary/aromatic N) is 7. The van der Waals surface area contributed by atoms with Gasteiger partial charge in [0, 0.05) is 19.6 Å². The van der Waals surface area contributed by atoms with Gasteiger partial charge in [0.05, 0.1) is 25.8 Å². The number of carbonyl (C=O) groups excluding carboxylic acids is 1. The van der Waals surface area contributed by atoms with Crippen LogP contribution in [0, 0.1) is 0 Å². The zero-order chi connectivity index (χ0) is 25.2. The number of halogens is 3. The van der Waals surface area contributed by atoms with Crippen molar-refractivity contribution >= 4 is 40.4 Å². The van der Waals surface area contributed by atoms with Crippen LogP contribution in [0.3, 0.4) is 0 Å². The first kappa shape index (κ1) is 24.4. The number of anilines is 2. The number of ether oxygens (including phenoxy) is 2. The Kier molecular flexibility index (Phi) is 7.01. The fourth-order valence-electron chi connectivity index (χ4n) is 4.48. The molecule has 36 heavy (non-hydrogen) atoms. The Bertz CT molecular complexity index is 1250. The zero-order valence-corrected chi connectivity index (χ0v) is 20.3. The number of morpholine rings is 1. The predicted molar refractivity (Wildman–Crippen MR) is 128 cm³/mol. The lowest BCUT2D eigenvalue weighted by atomic mass is 10.3. The molecular weight excluding hydrogens is 498 g/mol. The molecule has 1 N–H and O–H groups in total. The van der Waals surface area contributed by atoms with Gasteiger partial charge in [-0.1, -0.05) is 6.07 Å². The summed E-state index contributed by atoms with van der Waals surface area (Å²) in [5, 5.41) is 3.19. The third-order valence-electron chi connectivity index (χ3n) is 6.18. The molecule has 0 unspecified atom stereocenters. The SMILES string of the molecule is COc1cccc2c1nc(C(F)F)n2-c1nc(N[C@H]2CCCN2C(=O)CCl)nc(N2CCOCC2)n1. The normalized spacial score (nSPS) is 18.3. The van der Waals surface area contributed by atoms with Crippen LogP contribution in [0.15, 0.2) is 18.2 Å². The molecule has 192 valence electrons. The standard InChI is InChI=1S/C22H25ClF2N8O3/c1-35-14-5-2-4-13-17(14)27-19(18(24)25)33(13)22-29-20(26-15-6-3-7-32(15)16(34)12-23)28-21(30-22)31-8-10-36-11-9-31/h2,4-5,15,18H,3,6-12H2,1H3,(H,26,28,29,30)/t15-/m1/s1. The Morgan fingerprint density at radius 1 is 1.19 bits per heavy atom. The van der Waals surface area contributed by atoms with E-state index in [0.29, 0.717) is 56.5 Å². The third-order valence-corrected chi connectivity index (χ3v) is 6.41. The van der Waals surface area contributed by atoms with E-state index in [9.17, 15) is 13.6 Å². The molecule has 11 nitrogen and oxygen atoms in total. The van der Waals surface area contributed by atoms with Gasteiger partial charge < -0.3 is 24.6 Å². The Balaban J connectivity index is 1.63. The highest BCUT2D eigenvalue weighted by molar-refractivity contribution is 6.27. The van der Waals surface area contributed by atoms with Crippen LogP contribution in [0.4, 0.5) is 20.7 Å². The molecule has 5 rings (SSSR count). The van der Waals surface area contributed by atoms with Crippen molar-refractivity contribution in [1.82, 2.24) is 29.4 Å². The smallest absolute Gasteiger partial charge is 0.296 e. The number of carbonyl (C=O) groups is 1. The lowest BCUT2D eigenvalue weighted by molar-refractivity contribution is -0.128. The van der Waals surface area contributed by atoms with Gasteiger partial charge in [0.15, 0.2) is 5.82 Å². The second kappa shape index (κ2) is 10.3. The number of para-hydroxylation sites is 1. The molecule has 0 bridgehead atoms. The predicted octanol–water partition coefficient (Wildman–Crippen LogP) is 2.59. The van der Waals surface area contributed by atoms with Crippen molar-refractivity contribution in [1.29, 1.82) is 0 Å². The molecule has 0 radical (unpaired) electrons. The van der Waals surface area contributed by atoms with Crippen LogP contribution in [0.2, 0.25) is 0 Å². The Labute approximate surface area is 210 Å². The Morgan fingerprint density at radius 2 is 1.97 bits per heavy atom. The molecule has 0 aliphatic carbocycles. The average Bonchev–Trinajstić information content (AvgIpc) is 3.53. The van der Waals surface area contributed by atoms with Crippen LogP contribution in [-0.2, 0) is 9.53 Å². The van der Waals surface area contributed by atoms with Gasteiger partial charge in [-0.15, -0.1) is 11.6 Å². The molecule has 2 saturated heterocycles. The summed E-state index contributed by atoms with van der Waals surface area (Å²) in [7, 11) is 1.45. The second-order valence-electron chi connectivity index (χ2n) is 8.32. The maximum Gasteiger partial charge on any atom is 0.296 e. The van der Waals surface area contributed by atoms with Crippen LogP contribution in [0.1, 0.15) is 25.1 Å². The molecule has 2 aliphatic heterocycles. The molecule has 0 spiro atoms. The van der Waals surface area contributed by atoms with Crippen LogP contribution < -0.4 is 15.0 Å². The number of fused-ring (bicyclic) bond motifs is 1. The summed E-state index contributed by atoms with van der Waals surface area (Å²) in [5.74, 6) is -0.0557. The average molecular weight is 523 g/mol. The van der Waals surface area contributed by atoms with Crippen molar-refractivity contribution in [3.05, 3.63) is 24.0 Å². The number of benzene rings is 1. The number of aromatic nitrogens is 5. The fraction of sp³-hybridized carbons (Fsp3) is 0.500. The number of methoxy groups -OCH3 is 1. The number of alkyl halides is 3. The molecule has 0 saturated carbocycles. The zero-order valence-electron chi connectivity index (χ0n) is 19.5. The maximum atomic E-state index is 14.2. The Morgan fingerprint density at radius 3 is 2.69 bits per heavy atom.